The van der Waals surface area contributed by atoms with Gasteiger partial charge in [-0.1, -0.05) is 12.1 Å². The molecule has 1 amide bonds. The van der Waals surface area contributed by atoms with Crippen molar-refractivity contribution in [1.29, 1.82) is 0 Å². The number of hydrogen-bond donors (Lipinski definition) is 2. The Morgan fingerprint density at radius 2 is 2.15 bits per heavy atom. The van der Waals surface area contributed by atoms with Gasteiger partial charge in [-0.25, -0.2) is 0 Å². The van der Waals surface area contributed by atoms with Crippen LogP contribution in [0.5, 0.6) is 5.75 Å². The first-order valence-corrected chi connectivity index (χ1v) is 9.54. The summed E-state index contributed by atoms with van der Waals surface area (Å²) >= 11 is 0. The van der Waals surface area contributed by atoms with Crippen LogP contribution in [0.1, 0.15) is 35.7 Å². The van der Waals surface area contributed by atoms with E-state index in [0.717, 1.165) is 25.9 Å². The molecule has 0 saturated carbocycles. The number of aryl methyl sites for hydroxylation is 1. The molecule has 6 heteroatoms. The first-order chi connectivity index (χ1) is 13.1. The maximum atomic E-state index is 13.0. The number of carbonyl (C=O) groups excluding carboxylic acids is 1. The van der Waals surface area contributed by atoms with Crippen LogP contribution in [0.2, 0.25) is 0 Å². The molecule has 1 fully saturated rings. The number of hydrogen-bond acceptors (Lipinski definition) is 4. The van der Waals surface area contributed by atoms with Crippen molar-refractivity contribution in [1.82, 2.24) is 9.88 Å². The zero-order valence-corrected chi connectivity index (χ0v) is 16.0. The van der Waals surface area contributed by atoms with Crippen LogP contribution >= 0.6 is 0 Å². The molecule has 144 valence electrons. The monoisotopic (exact) mass is 369 g/mol. The van der Waals surface area contributed by atoms with Crippen LogP contribution in [0.3, 0.4) is 0 Å². The Morgan fingerprint density at radius 3 is 2.89 bits per heavy atom. The first kappa shape index (κ1) is 19.2. The van der Waals surface area contributed by atoms with E-state index in [4.69, 9.17) is 4.74 Å². The third kappa shape index (κ3) is 4.57. The predicted octanol–water partition coefficient (Wildman–Crippen LogP) is 2.81. The molecule has 0 bridgehead atoms. The van der Waals surface area contributed by atoms with Gasteiger partial charge >= 0.3 is 0 Å². The zero-order chi connectivity index (χ0) is 19.2. The minimum Gasteiger partial charge on any atom is -0.492 e. The van der Waals surface area contributed by atoms with Crippen LogP contribution in [-0.4, -0.2) is 30.2 Å². The number of nitrogens with one attached hydrogen (secondary N) is 2. The minimum absolute atomic E-state index is 0.188. The summed E-state index contributed by atoms with van der Waals surface area (Å²) in [6, 6.07) is 9.07. The van der Waals surface area contributed by atoms with Crippen LogP contribution < -0.4 is 20.9 Å². The van der Waals surface area contributed by atoms with Gasteiger partial charge < -0.3 is 19.9 Å². The molecule has 0 radical (unpaired) electrons. The minimum atomic E-state index is -0.402. The smallest absolute Gasteiger partial charge is 0.263 e. The lowest BCUT2D eigenvalue weighted by Crippen LogP contribution is -2.36. The summed E-state index contributed by atoms with van der Waals surface area (Å²) in [4.78, 5) is 25.8. The Labute approximate surface area is 159 Å². The van der Waals surface area contributed by atoms with E-state index >= 15 is 0 Å². The Kier molecular flexibility index (Phi) is 6.29. The van der Waals surface area contributed by atoms with Crippen molar-refractivity contribution in [2.45, 2.75) is 33.2 Å². The summed E-state index contributed by atoms with van der Waals surface area (Å²) in [5, 5.41) is 6.20. The van der Waals surface area contributed by atoms with Gasteiger partial charge in [0.05, 0.1) is 12.3 Å². The van der Waals surface area contributed by atoms with E-state index in [2.05, 4.69) is 10.6 Å². The zero-order valence-electron chi connectivity index (χ0n) is 16.0. The second-order valence-electron chi connectivity index (χ2n) is 6.93. The van der Waals surface area contributed by atoms with Crippen molar-refractivity contribution in [3.8, 4) is 5.75 Å². The van der Waals surface area contributed by atoms with Gasteiger partial charge in [0.1, 0.15) is 11.3 Å². The number of carbonyl (C=O) groups is 1. The topological polar surface area (TPSA) is 72.4 Å². The summed E-state index contributed by atoms with van der Waals surface area (Å²) in [5.74, 6) is 0.602. The second kappa shape index (κ2) is 8.86. The summed E-state index contributed by atoms with van der Waals surface area (Å²) < 4.78 is 7.21. The highest BCUT2D eigenvalue weighted by Gasteiger charge is 2.20. The van der Waals surface area contributed by atoms with E-state index in [9.17, 15) is 9.59 Å². The molecule has 2 aromatic rings. The maximum absolute atomic E-state index is 13.0. The number of ether oxygens (including phenoxy) is 1. The van der Waals surface area contributed by atoms with Gasteiger partial charge in [-0.2, -0.15) is 0 Å². The molecule has 1 aliphatic rings. The molecule has 1 unspecified atom stereocenters. The Balaban J connectivity index is 1.84. The quantitative estimate of drug-likeness (QED) is 0.821. The summed E-state index contributed by atoms with van der Waals surface area (Å²) in [7, 11) is 0. The van der Waals surface area contributed by atoms with Crippen molar-refractivity contribution < 1.29 is 9.53 Å². The molecular weight excluding hydrogens is 342 g/mol. The van der Waals surface area contributed by atoms with Crippen LogP contribution in [0.15, 0.2) is 41.3 Å². The van der Waals surface area contributed by atoms with E-state index < -0.39 is 5.91 Å². The Morgan fingerprint density at radius 1 is 1.33 bits per heavy atom. The average molecular weight is 369 g/mol. The Hall–Kier alpha value is -2.60. The van der Waals surface area contributed by atoms with Crippen LogP contribution in [0.4, 0.5) is 5.69 Å². The number of benzene rings is 1. The fourth-order valence-electron chi connectivity index (χ4n) is 3.48. The fraction of sp³-hybridized carbons (Fsp3) is 0.429. The predicted molar refractivity (Wildman–Crippen MR) is 107 cm³/mol. The van der Waals surface area contributed by atoms with Gasteiger partial charge in [0.2, 0.25) is 0 Å². The van der Waals surface area contributed by atoms with Crippen LogP contribution in [0.25, 0.3) is 0 Å². The highest BCUT2D eigenvalue weighted by atomic mass is 16.5. The number of rotatable bonds is 6. The van der Waals surface area contributed by atoms with Crippen LogP contribution in [0, 0.1) is 12.8 Å². The summed E-state index contributed by atoms with van der Waals surface area (Å²) in [6.07, 6.45) is 4.00. The summed E-state index contributed by atoms with van der Waals surface area (Å²) in [5.41, 5.74) is 1.18. The molecule has 2 heterocycles. The lowest BCUT2D eigenvalue weighted by molar-refractivity contribution is 0.102. The second-order valence-corrected chi connectivity index (χ2v) is 6.93. The number of amides is 1. The van der Waals surface area contributed by atoms with Crippen molar-refractivity contribution in [2.75, 3.05) is 25.0 Å². The number of pyridine rings is 1. The van der Waals surface area contributed by atoms with Gasteiger partial charge in [-0.3, -0.25) is 9.59 Å². The molecule has 1 aromatic carbocycles. The van der Waals surface area contributed by atoms with Gasteiger partial charge in [0.25, 0.3) is 11.5 Å². The molecule has 0 spiro atoms. The number of anilines is 1. The van der Waals surface area contributed by atoms with E-state index in [1.165, 1.54) is 0 Å². The molecule has 2 N–H and O–H groups in total. The van der Waals surface area contributed by atoms with Crippen molar-refractivity contribution >= 4 is 11.6 Å². The lowest BCUT2D eigenvalue weighted by atomic mass is 9.99. The average Bonchev–Trinajstić information content (AvgIpc) is 2.67. The van der Waals surface area contributed by atoms with Gasteiger partial charge in [0, 0.05) is 12.7 Å². The molecule has 1 atom stereocenters. The highest BCUT2D eigenvalue weighted by molar-refractivity contribution is 6.05. The number of nitrogens with zero attached hydrogens (tertiary/aromatic N) is 1. The summed E-state index contributed by atoms with van der Waals surface area (Å²) in [6.45, 7) is 6.74. The molecule has 27 heavy (non-hydrogen) atoms. The highest BCUT2D eigenvalue weighted by Crippen LogP contribution is 2.24. The normalized spacial score (nSPS) is 16.7. The van der Waals surface area contributed by atoms with E-state index in [1.54, 1.807) is 29.8 Å². The van der Waals surface area contributed by atoms with E-state index in [1.807, 2.05) is 25.1 Å². The molecule has 1 saturated heterocycles. The standard InChI is InChI=1S/C21H27N3O3/c1-3-27-18-9-5-4-8-17(18)23-20(25)19-15(2)10-12-24(21(19)26)14-16-7-6-11-22-13-16/h4-5,8-10,12,16,22H,3,6-7,11,13-14H2,1-2H3,(H,23,25). The largest absolute Gasteiger partial charge is 0.492 e. The van der Waals surface area contributed by atoms with Gasteiger partial charge in [-0.05, 0) is 69.5 Å². The van der Waals surface area contributed by atoms with Crippen LogP contribution in [-0.2, 0) is 6.54 Å². The molecule has 1 aliphatic heterocycles. The third-order valence-electron chi connectivity index (χ3n) is 4.89. The van der Waals surface area contributed by atoms with Crippen molar-refractivity contribution in [2.24, 2.45) is 5.92 Å². The third-order valence-corrected chi connectivity index (χ3v) is 4.89. The SMILES string of the molecule is CCOc1ccccc1NC(=O)c1c(C)ccn(CC2CCCNC2)c1=O. The number of aromatic nitrogens is 1. The molecule has 6 nitrogen and oxygen atoms in total. The number of para-hydroxylation sites is 2. The van der Waals surface area contributed by atoms with Gasteiger partial charge in [-0.15, -0.1) is 0 Å². The number of piperidine rings is 1. The van der Waals surface area contributed by atoms with Crippen molar-refractivity contribution in [3.05, 3.63) is 58.0 Å². The van der Waals surface area contributed by atoms with Crippen molar-refractivity contribution in [3.63, 3.8) is 0 Å². The molecule has 3 rings (SSSR count). The van der Waals surface area contributed by atoms with E-state index in [0.29, 0.717) is 36.1 Å². The maximum Gasteiger partial charge on any atom is 0.263 e. The molecule has 1 aromatic heterocycles. The molecule has 0 aliphatic carbocycles. The molecular formula is C21H27N3O3. The fourth-order valence-corrected chi connectivity index (χ4v) is 3.48. The first-order valence-electron chi connectivity index (χ1n) is 9.54. The van der Waals surface area contributed by atoms with E-state index in [-0.39, 0.29) is 11.1 Å². The van der Waals surface area contributed by atoms with Gasteiger partial charge in [0.15, 0.2) is 0 Å². The Bertz CT molecular complexity index is 854. The lowest BCUT2D eigenvalue weighted by Gasteiger charge is -2.23.